The van der Waals surface area contributed by atoms with E-state index < -0.39 is 10.8 Å². The van der Waals surface area contributed by atoms with Gasteiger partial charge in [-0.3, -0.25) is 9.59 Å². The van der Waals surface area contributed by atoms with Crippen LogP contribution in [0.4, 0.5) is 11.4 Å². The van der Waals surface area contributed by atoms with Crippen LogP contribution < -0.4 is 9.47 Å². The molecule has 0 N–H and O–H groups in total. The van der Waals surface area contributed by atoms with E-state index in [1.807, 2.05) is 36.4 Å². The van der Waals surface area contributed by atoms with E-state index in [0.29, 0.717) is 85.7 Å². The third-order valence-electron chi connectivity index (χ3n) is 14.2. The number of nitrogens with zero attached hydrogens (tertiary/aromatic N) is 4. The summed E-state index contributed by atoms with van der Waals surface area (Å²) in [5.74, 6) is 2.98. The standard InChI is InChI=1S/C40H44N4O6/c1-5-21-17-43-33-15-39(37(43)45,35-13-25(21)27(33)19-49-35)29-9-7-23(47-3)11-31(29)41-42-32-12-24(48-4)8-10-30(32)40-16-34-28-20-50-36(40)14-26(28)22(6-2)18-44(34)38(40)46/h5-12,25-28,33-36H,13-20H2,1-4H3/b21-5-,22-6?,42-41?/t25-,26-,27-,28-,33-,34-,35+,36+,39-,40-/m0/s1. The Kier molecular flexibility index (Phi) is 6.61. The van der Waals surface area contributed by atoms with Gasteiger partial charge >= 0.3 is 0 Å². The molecular weight excluding hydrogens is 632 g/mol. The minimum atomic E-state index is -0.858. The number of carbonyl (C=O) groups is 2. The quantitative estimate of drug-likeness (QED) is 0.284. The first-order valence-electron chi connectivity index (χ1n) is 18.3. The van der Waals surface area contributed by atoms with Crippen molar-refractivity contribution >= 4 is 23.2 Å². The smallest absolute Gasteiger partial charge is 0.236 e. The van der Waals surface area contributed by atoms with Crippen LogP contribution in [0.25, 0.3) is 0 Å². The van der Waals surface area contributed by atoms with Crippen molar-refractivity contribution in [1.82, 2.24) is 9.80 Å². The first kappa shape index (κ1) is 30.8. The van der Waals surface area contributed by atoms with E-state index in [1.54, 1.807) is 14.2 Å². The number of allylic oxidation sites excluding steroid dienone is 2. The molecule has 10 fully saturated rings. The SMILES string of the molecule is CC=C1CN2C(=O)[C@]3(c4ccc(OC)cc4N=Nc4cc(OC)ccc4[C@@]45C[C@H]6[C@H]7CO[C@@H]4C[C@H]7/C(=C\C)CN6C5=O)C[C@H]2[C@H]2CO[C@@H]3C[C@@H]12. The molecule has 2 saturated carbocycles. The third kappa shape index (κ3) is 3.76. The van der Waals surface area contributed by atoms with Gasteiger partial charge in [0.15, 0.2) is 0 Å². The fourth-order valence-electron chi connectivity index (χ4n) is 11.8. The van der Waals surface area contributed by atoms with Crippen LogP contribution >= 0.6 is 0 Å². The molecule has 260 valence electrons. The molecule has 10 heteroatoms. The summed E-state index contributed by atoms with van der Waals surface area (Å²) in [5.41, 5.74) is 3.81. The number of piperidine rings is 2. The molecule has 8 heterocycles. The number of hydrogen-bond donors (Lipinski definition) is 0. The van der Waals surface area contributed by atoms with E-state index in [1.165, 1.54) is 11.1 Å². The number of azo groups is 1. The van der Waals surface area contributed by atoms with E-state index in [-0.39, 0.29) is 36.1 Å². The van der Waals surface area contributed by atoms with Gasteiger partial charge in [-0.25, -0.2) is 0 Å². The Morgan fingerprint density at radius 2 is 1.16 bits per heavy atom. The summed E-state index contributed by atoms with van der Waals surface area (Å²) in [5, 5.41) is 9.96. The van der Waals surface area contributed by atoms with E-state index in [2.05, 4.69) is 35.8 Å². The summed E-state index contributed by atoms with van der Waals surface area (Å²) >= 11 is 0. The predicted octanol–water partition coefficient (Wildman–Crippen LogP) is 5.79. The number of amides is 2. The molecule has 0 spiro atoms. The second-order valence-corrected chi connectivity index (χ2v) is 15.7. The monoisotopic (exact) mass is 676 g/mol. The van der Waals surface area contributed by atoms with Crippen LogP contribution in [0.15, 0.2) is 69.9 Å². The molecule has 8 saturated heterocycles. The third-order valence-corrected chi connectivity index (χ3v) is 14.2. The van der Waals surface area contributed by atoms with E-state index in [0.717, 1.165) is 24.0 Å². The lowest BCUT2D eigenvalue weighted by molar-refractivity contribution is -0.155. The number of hydrogen-bond acceptors (Lipinski definition) is 8. The summed E-state index contributed by atoms with van der Waals surface area (Å²) < 4.78 is 24.5. The Morgan fingerprint density at radius 1 is 0.720 bits per heavy atom. The van der Waals surface area contributed by atoms with Crippen LogP contribution in [0.5, 0.6) is 11.5 Å². The van der Waals surface area contributed by atoms with Crippen LogP contribution in [0.2, 0.25) is 0 Å². The van der Waals surface area contributed by atoms with Gasteiger partial charge < -0.3 is 28.7 Å². The van der Waals surface area contributed by atoms with Crippen molar-refractivity contribution in [2.45, 2.75) is 74.7 Å². The van der Waals surface area contributed by atoms with Gasteiger partial charge in [-0.15, -0.1) is 0 Å². The van der Waals surface area contributed by atoms with Crippen molar-refractivity contribution in [3.05, 3.63) is 70.8 Å². The Hall–Kier alpha value is -4.02. The summed E-state index contributed by atoms with van der Waals surface area (Å²) in [6.45, 7) is 6.88. The number of carbonyl (C=O) groups excluding carboxylic acids is 2. The molecule has 12 rings (SSSR count). The minimum Gasteiger partial charge on any atom is -0.497 e. The van der Waals surface area contributed by atoms with Crippen molar-refractivity contribution < 1.29 is 28.5 Å². The molecule has 2 aliphatic carbocycles. The highest BCUT2D eigenvalue weighted by Crippen LogP contribution is 2.61. The average Bonchev–Trinajstić information content (AvgIpc) is 3.37. The molecule has 2 aromatic carbocycles. The molecule has 0 aromatic heterocycles. The van der Waals surface area contributed by atoms with Crippen LogP contribution in [-0.4, -0.2) is 86.4 Å². The highest BCUT2D eigenvalue weighted by molar-refractivity contribution is 5.95. The fraction of sp³-hybridized carbons (Fsp3) is 0.550. The lowest BCUT2D eigenvalue weighted by Gasteiger charge is -2.50. The average molecular weight is 677 g/mol. The highest BCUT2D eigenvalue weighted by Gasteiger charge is 2.69. The van der Waals surface area contributed by atoms with E-state index in [4.69, 9.17) is 29.2 Å². The number of ether oxygens (including phenoxy) is 4. The number of benzene rings is 2. The second kappa shape index (κ2) is 10.7. The molecule has 2 amide bonds. The Morgan fingerprint density at radius 3 is 1.56 bits per heavy atom. The minimum absolute atomic E-state index is 0.121. The molecule has 10 atom stereocenters. The van der Waals surface area contributed by atoms with Crippen molar-refractivity contribution in [3.8, 4) is 11.5 Å². The summed E-state index contributed by atoms with van der Waals surface area (Å²) in [6.07, 6.45) is 6.96. The van der Waals surface area contributed by atoms with Gasteiger partial charge in [-0.2, -0.15) is 10.2 Å². The largest absolute Gasteiger partial charge is 0.497 e. The molecule has 0 radical (unpaired) electrons. The summed E-state index contributed by atoms with van der Waals surface area (Å²) in [4.78, 5) is 33.6. The molecule has 10 nitrogen and oxygen atoms in total. The molecule has 10 aliphatic rings. The van der Waals surface area contributed by atoms with Gasteiger partial charge in [0.2, 0.25) is 11.8 Å². The van der Waals surface area contributed by atoms with Crippen molar-refractivity contribution in [1.29, 1.82) is 0 Å². The first-order chi connectivity index (χ1) is 24.4. The maximum atomic E-state index is 14.7. The number of methoxy groups -OCH3 is 2. The van der Waals surface area contributed by atoms with Gasteiger partial charge in [0, 0.05) is 49.1 Å². The first-order valence-corrected chi connectivity index (χ1v) is 18.3. The zero-order valence-electron chi connectivity index (χ0n) is 29.1. The molecule has 8 aliphatic heterocycles. The zero-order chi connectivity index (χ0) is 34.1. The maximum Gasteiger partial charge on any atom is 0.236 e. The fourth-order valence-corrected chi connectivity index (χ4v) is 11.8. The normalized spacial score (nSPS) is 40.6. The second-order valence-electron chi connectivity index (χ2n) is 15.7. The molecule has 0 unspecified atom stereocenters. The summed E-state index contributed by atoms with van der Waals surface area (Å²) in [6, 6.07) is 11.9. The maximum absolute atomic E-state index is 14.7. The van der Waals surface area contributed by atoms with Crippen molar-refractivity contribution in [3.63, 3.8) is 0 Å². The van der Waals surface area contributed by atoms with Crippen LogP contribution in [0, 0.1) is 23.7 Å². The van der Waals surface area contributed by atoms with Gasteiger partial charge in [-0.1, -0.05) is 35.4 Å². The Bertz CT molecular complexity index is 1790. The van der Waals surface area contributed by atoms with Gasteiger partial charge in [0.25, 0.3) is 0 Å². The van der Waals surface area contributed by atoms with Crippen LogP contribution in [0.1, 0.15) is 50.7 Å². The number of fused-ring (bicyclic) bond motifs is 2. The lowest BCUT2D eigenvalue weighted by atomic mass is 9.69. The Labute approximate surface area is 292 Å². The predicted molar refractivity (Wildman–Crippen MR) is 184 cm³/mol. The number of rotatable bonds is 6. The topological polar surface area (TPSA) is 102 Å². The van der Waals surface area contributed by atoms with E-state index >= 15 is 0 Å². The zero-order valence-corrected chi connectivity index (χ0v) is 29.1. The highest BCUT2D eigenvalue weighted by atomic mass is 16.5. The molecule has 2 aromatic rings. The van der Waals surface area contributed by atoms with E-state index in [9.17, 15) is 9.59 Å². The Balaban J connectivity index is 1.10. The van der Waals surface area contributed by atoms with Crippen LogP contribution in [-0.2, 0) is 29.9 Å². The molecule has 10 bridgehead atoms. The van der Waals surface area contributed by atoms with Gasteiger partial charge in [0.05, 0.1) is 51.0 Å². The summed E-state index contributed by atoms with van der Waals surface area (Å²) in [7, 11) is 3.27. The van der Waals surface area contributed by atoms with Crippen LogP contribution in [0.3, 0.4) is 0 Å². The lowest BCUT2D eigenvalue weighted by Crippen LogP contribution is -2.59. The van der Waals surface area contributed by atoms with Gasteiger partial charge in [0.1, 0.15) is 22.3 Å². The van der Waals surface area contributed by atoms with Crippen molar-refractivity contribution in [2.24, 2.45) is 33.9 Å². The molecular formula is C40H44N4O6. The van der Waals surface area contributed by atoms with Gasteiger partial charge in [-0.05, 0) is 74.6 Å². The molecule has 50 heavy (non-hydrogen) atoms. The van der Waals surface area contributed by atoms with Crippen molar-refractivity contribution in [2.75, 3.05) is 40.5 Å².